The maximum atomic E-state index is 15.1. The molecule has 3 aliphatic rings. The van der Waals surface area contributed by atoms with Gasteiger partial charge in [-0.05, 0) is 70.2 Å². The number of hydrogen-bond donors (Lipinski definition) is 0. The molecule has 6 rings (SSSR count). The van der Waals surface area contributed by atoms with Crippen LogP contribution in [0.5, 0.6) is 5.88 Å². The molecule has 3 aromatic rings. The number of ether oxygens (including phenoxy) is 2. The van der Waals surface area contributed by atoms with Gasteiger partial charge < -0.3 is 19.3 Å². The average molecular weight is 672 g/mol. The van der Waals surface area contributed by atoms with Crippen molar-refractivity contribution < 1.29 is 31.9 Å². The lowest BCUT2D eigenvalue weighted by molar-refractivity contribution is -0.132. The predicted molar refractivity (Wildman–Crippen MR) is 169 cm³/mol. The van der Waals surface area contributed by atoms with Gasteiger partial charge in [-0.1, -0.05) is 29.8 Å². The second-order valence-corrected chi connectivity index (χ2v) is 13.8. The third kappa shape index (κ3) is 5.59. The molecule has 0 saturated carbocycles. The van der Waals surface area contributed by atoms with E-state index < -0.39 is 33.4 Å². The van der Waals surface area contributed by atoms with Gasteiger partial charge in [0.1, 0.15) is 5.82 Å². The SMILES string of the molecule is CCOc1ncccc1C1(OC(=O)N2CCN(C3CCN(C)CC3)CC2)C(=O)N(S(=O)(=O)c2ccccc2)c2cc(F)c(Cl)cc21. The van der Waals surface area contributed by atoms with Crippen molar-refractivity contribution in [2.45, 2.75) is 36.3 Å². The maximum Gasteiger partial charge on any atom is 0.411 e. The van der Waals surface area contributed by atoms with Gasteiger partial charge in [0.25, 0.3) is 21.5 Å². The molecule has 2 saturated heterocycles. The second-order valence-electron chi connectivity index (χ2n) is 11.6. The number of halogens is 2. The van der Waals surface area contributed by atoms with Crippen LogP contribution in [0.3, 0.4) is 0 Å². The number of benzene rings is 2. The smallest absolute Gasteiger partial charge is 0.411 e. The Morgan fingerprint density at radius 3 is 2.39 bits per heavy atom. The van der Waals surface area contributed by atoms with Crippen LogP contribution in [0.25, 0.3) is 0 Å². The number of aromatic nitrogens is 1. The van der Waals surface area contributed by atoms with Crippen LogP contribution in [0.2, 0.25) is 5.02 Å². The molecule has 11 nitrogen and oxygen atoms in total. The fraction of sp³-hybridized carbons (Fsp3) is 0.406. The minimum atomic E-state index is -4.62. The number of nitrogens with zero attached hydrogens (tertiary/aromatic N) is 5. The quantitative estimate of drug-likeness (QED) is 0.367. The molecule has 244 valence electrons. The van der Waals surface area contributed by atoms with E-state index >= 15 is 4.39 Å². The lowest BCUT2D eigenvalue weighted by atomic mass is 9.87. The maximum absolute atomic E-state index is 15.1. The van der Waals surface area contributed by atoms with Crippen molar-refractivity contribution in [1.29, 1.82) is 0 Å². The van der Waals surface area contributed by atoms with Crippen molar-refractivity contribution in [2.75, 3.05) is 57.2 Å². The third-order valence-corrected chi connectivity index (χ3v) is 10.9. The fourth-order valence-corrected chi connectivity index (χ4v) is 8.07. The van der Waals surface area contributed by atoms with Crippen LogP contribution in [-0.2, 0) is 25.2 Å². The molecule has 1 atom stereocenters. The van der Waals surface area contributed by atoms with E-state index in [9.17, 15) is 18.0 Å². The van der Waals surface area contributed by atoms with E-state index in [0.717, 1.165) is 38.1 Å². The zero-order valence-electron chi connectivity index (χ0n) is 25.6. The van der Waals surface area contributed by atoms with Gasteiger partial charge in [0, 0.05) is 50.0 Å². The highest BCUT2D eigenvalue weighted by molar-refractivity contribution is 7.93. The summed E-state index contributed by atoms with van der Waals surface area (Å²) in [4.78, 5) is 39.1. The van der Waals surface area contributed by atoms with Crippen molar-refractivity contribution >= 4 is 39.3 Å². The summed E-state index contributed by atoms with van der Waals surface area (Å²) in [7, 11) is -2.51. The largest absolute Gasteiger partial charge is 0.478 e. The Balaban J connectivity index is 1.43. The molecule has 2 fully saturated rings. The number of hydrogen-bond acceptors (Lipinski definition) is 9. The van der Waals surface area contributed by atoms with Crippen molar-refractivity contribution in [3.05, 3.63) is 82.8 Å². The summed E-state index contributed by atoms with van der Waals surface area (Å²) >= 11 is 6.26. The zero-order valence-corrected chi connectivity index (χ0v) is 27.1. The summed E-state index contributed by atoms with van der Waals surface area (Å²) in [6, 6.07) is 12.7. The lowest BCUT2D eigenvalue weighted by Crippen LogP contribution is -2.55. The Labute approximate surface area is 272 Å². The normalized spacial score (nSPS) is 21.3. The Morgan fingerprint density at radius 1 is 1.02 bits per heavy atom. The molecule has 0 bridgehead atoms. The van der Waals surface area contributed by atoms with Crippen molar-refractivity contribution in [2.24, 2.45) is 0 Å². The molecule has 0 radical (unpaired) electrons. The highest BCUT2D eigenvalue weighted by Gasteiger charge is 2.61. The van der Waals surface area contributed by atoms with Crippen LogP contribution < -0.4 is 9.04 Å². The fourth-order valence-electron chi connectivity index (χ4n) is 6.44. The third-order valence-electron chi connectivity index (χ3n) is 8.85. The highest BCUT2D eigenvalue weighted by Crippen LogP contribution is 2.52. The van der Waals surface area contributed by atoms with E-state index in [1.807, 2.05) is 0 Å². The van der Waals surface area contributed by atoms with Gasteiger partial charge in [0.15, 0.2) is 0 Å². The number of pyridine rings is 1. The lowest BCUT2D eigenvalue weighted by Gasteiger charge is -2.42. The van der Waals surface area contributed by atoms with Gasteiger partial charge in [-0.2, -0.15) is 4.31 Å². The van der Waals surface area contributed by atoms with E-state index in [0.29, 0.717) is 36.5 Å². The van der Waals surface area contributed by atoms with Gasteiger partial charge >= 0.3 is 6.09 Å². The molecular formula is C32H35ClFN5O6S. The molecular weight excluding hydrogens is 637 g/mol. The highest BCUT2D eigenvalue weighted by atomic mass is 35.5. The first-order chi connectivity index (χ1) is 22.1. The first-order valence-corrected chi connectivity index (χ1v) is 17.0. The van der Waals surface area contributed by atoms with E-state index in [2.05, 4.69) is 21.8 Å². The monoisotopic (exact) mass is 671 g/mol. The molecule has 0 spiro atoms. The summed E-state index contributed by atoms with van der Waals surface area (Å²) in [5.41, 5.74) is -2.90. The van der Waals surface area contributed by atoms with Crippen molar-refractivity contribution in [3.8, 4) is 5.88 Å². The summed E-state index contributed by atoms with van der Waals surface area (Å²) < 4.78 is 55.6. The van der Waals surface area contributed by atoms with Crippen LogP contribution in [0.15, 0.2) is 65.7 Å². The Kier molecular flexibility index (Phi) is 8.94. The molecule has 3 aliphatic heterocycles. The Hall–Kier alpha value is -3.78. The molecule has 2 aromatic carbocycles. The second kappa shape index (κ2) is 12.8. The van der Waals surface area contributed by atoms with E-state index in [1.54, 1.807) is 13.0 Å². The standard InChI is InChI=1S/C32H35ClFN5O6S/c1-3-44-29-24(10-7-13-35-29)32(45-31(41)38-18-16-37(17-19-38)22-11-14-36(2)15-12-22)25-20-26(33)27(34)21-28(25)39(30(32)40)46(42,43)23-8-5-4-6-9-23/h4-10,13,20-22H,3,11-12,14-19H2,1-2H3. The minimum Gasteiger partial charge on any atom is -0.478 e. The number of carbonyl (C=O) groups is 2. The molecule has 0 aliphatic carbocycles. The van der Waals surface area contributed by atoms with Crippen molar-refractivity contribution in [1.82, 2.24) is 19.7 Å². The number of carbonyl (C=O) groups excluding carboxylic acids is 2. The number of anilines is 1. The summed E-state index contributed by atoms with van der Waals surface area (Å²) in [5, 5.41) is -0.389. The molecule has 14 heteroatoms. The number of piperazine rings is 1. The van der Waals surface area contributed by atoms with E-state index in [1.165, 1.54) is 47.5 Å². The topological polar surface area (TPSA) is 113 Å². The van der Waals surface area contributed by atoms with Crippen LogP contribution in [-0.4, -0.2) is 99.1 Å². The Morgan fingerprint density at radius 2 is 1.72 bits per heavy atom. The molecule has 4 heterocycles. The minimum absolute atomic E-state index is 0.0187. The number of piperidine rings is 1. The predicted octanol–water partition coefficient (Wildman–Crippen LogP) is 4.10. The van der Waals surface area contributed by atoms with Crippen LogP contribution in [0, 0.1) is 5.82 Å². The molecule has 2 amide bonds. The molecule has 1 unspecified atom stereocenters. The first kappa shape index (κ1) is 32.2. The Bertz CT molecular complexity index is 1730. The molecule has 46 heavy (non-hydrogen) atoms. The summed E-state index contributed by atoms with van der Waals surface area (Å²) in [6.07, 6.45) is 2.68. The van der Waals surface area contributed by atoms with Gasteiger partial charge in [-0.3, -0.25) is 9.69 Å². The van der Waals surface area contributed by atoms with Gasteiger partial charge in [0.2, 0.25) is 5.88 Å². The van der Waals surface area contributed by atoms with Crippen LogP contribution in [0.1, 0.15) is 30.9 Å². The van der Waals surface area contributed by atoms with Crippen LogP contribution in [0.4, 0.5) is 14.9 Å². The van der Waals surface area contributed by atoms with Gasteiger partial charge in [-0.15, -0.1) is 0 Å². The molecule has 0 N–H and O–H groups in total. The van der Waals surface area contributed by atoms with Crippen molar-refractivity contribution in [3.63, 3.8) is 0 Å². The number of fused-ring (bicyclic) bond motifs is 1. The van der Waals surface area contributed by atoms with Gasteiger partial charge in [-0.25, -0.2) is 22.6 Å². The summed E-state index contributed by atoms with van der Waals surface area (Å²) in [6.45, 7) is 5.78. The van der Waals surface area contributed by atoms with E-state index in [-0.39, 0.29) is 39.2 Å². The first-order valence-electron chi connectivity index (χ1n) is 15.2. The number of rotatable bonds is 7. The zero-order chi connectivity index (χ0) is 32.6. The average Bonchev–Trinajstić information content (AvgIpc) is 3.29. The molecule has 1 aromatic heterocycles. The number of likely N-dealkylation sites (tertiary alicyclic amines) is 1. The van der Waals surface area contributed by atoms with E-state index in [4.69, 9.17) is 21.1 Å². The number of amides is 2. The summed E-state index contributed by atoms with van der Waals surface area (Å²) in [5.74, 6) is -2.16. The number of sulfonamides is 1. The van der Waals surface area contributed by atoms with Gasteiger partial charge in [0.05, 0.1) is 27.8 Å². The van der Waals surface area contributed by atoms with Crippen LogP contribution >= 0.6 is 11.6 Å².